The minimum atomic E-state index is -0.490. The van der Waals surface area contributed by atoms with Gasteiger partial charge in [0.15, 0.2) is 0 Å². The van der Waals surface area contributed by atoms with Crippen LogP contribution in [0.2, 0.25) is 0 Å². The van der Waals surface area contributed by atoms with Crippen LogP contribution in [0.25, 0.3) is 5.65 Å². The Bertz CT molecular complexity index is 1230. The highest BCUT2D eigenvalue weighted by Gasteiger charge is 2.14. The maximum atomic E-state index is 12.7. The number of hydrogen-bond acceptors (Lipinski definition) is 5. The van der Waals surface area contributed by atoms with Gasteiger partial charge in [-0.1, -0.05) is 36.4 Å². The number of benzene rings is 2. The van der Waals surface area contributed by atoms with Crippen LogP contribution < -0.4 is 10.9 Å². The maximum absolute atomic E-state index is 12.7. The molecular weight excluding hydrogens is 366 g/mol. The molecule has 6 heteroatoms. The number of nitrogens with one attached hydrogen (secondary N) is 1. The monoisotopic (exact) mass is 385 g/mol. The van der Waals surface area contributed by atoms with Crippen molar-refractivity contribution in [2.75, 3.05) is 5.32 Å². The molecule has 0 spiro atoms. The number of ether oxygens (including phenoxy) is 1. The van der Waals surface area contributed by atoms with Crippen molar-refractivity contribution in [3.05, 3.63) is 106 Å². The molecule has 2 heterocycles. The van der Waals surface area contributed by atoms with E-state index in [0.29, 0.717) is 22.6 Å². The van der Waals surface area contributed by atoms with Crippen molar-refractivity contribution < 1.29 is 9.53 Å². The minimum Gasteiger partial charge on any atom is -0.456 e. The largest absolute Gasteiger partial charge is 0.456 e. The third-order valence-electron chi connectivity index (χ3n) is 4.49. The molecule has 2 aromatic carbocycles. The molecule has 0 aliphatic heterocycles. The van der Waals surface area contributed by atoms with Crippen molar-refractivity contribution >= 4 is 23.0 Å². The van der Waals surface area contributed by atoms with Gasteiger partial charge >= 0.3 is 5.97 Å². The van der Waals surface area contributed by atoms with E-state index in [-0.39, 0.29) is 12.2 Å². The fourth-order valence-corrected chi connectivity index (χ4v) is 3.05. The van der Waals surface area contributed by atoms with E-state index in [0.717, 1.165) is 11.3 Å². The number of hydrogen-bond donors (Lipinski definition) is 1. The van der Waals surface area contributed by atoms with Crippen LogP contribution in [0.3, 0.4) is 0 Å². The zero-order valence-corrected chi connectivity index (χ0v) is 15.8. The molecule has 6 nitrogen and oxygen atoms in total. The average Bonchev–Trinajstić information content (AvgIpc) is 2.74. The number of esters is 1. The summed E-state index contributed by atoms with van der Waals surface area (Å²) in [7, 11) is 0. The van der Waals surface area contributed by atoms with Gasteiger partial charge in [-0.25, -0.2) is 9.78 Å². The molecular formula is C23H19N3O3. The van der Waals surface area contributed by atoms with Crippen molar-refractivity contribution in [3.8, 4) is 0 Å². The van der Waals surface area contributed by atoms with E-state index < -0.39 is 5.97 Å². The Morgan fingerprint density at radius 2 is 1.79 bits per heavy atom. The molecule has 0 fully saturated rings. The molecule has 2 aromatic heterocycles. The maximum Gasteiger partial charge on any atom is 0.340 e. The van der Waals surface area contributed by atoms with E-state index in [1.165, 1.54) is 10.5 Å². The van der Waals surface area contributed by atoms with Crippen LogP contribution in [0.15, 0.2) is 83.8 Å². The molecule has 0 saturated heterocycles. The molecule has 0 atom stereocenters. The van der Waals surface area contributed by atoms with E-state index in [9.17, 15) is 9.59 Å². The van der Waals surface area contributed by atoms with Crippen LogP contribution in [0.5, 0.6) is 0 Å². The van der Waals surface area contributed by atoms with Crippen LogP contribution >= 0.6 is 0 Å². The number of aryl methyl sites for hydroxylation is 1. The molecule has 0 unspecified atom stereocenters. The Labute approximate surface area is 167 Å². The van der Waals surface area contributed by atoms with Crippen LogP contribution in [-0.2, 0) is 11.3 Å². The zero-order valence-electron chi connectivity index (χ0n) is 15.8. The molecule has 0 bridgehead atoms. The first-order valence-corrected chi connectivity index (χ1v) is 9.18. The Kier molecular flexibility index (Phi) is 5.07. The number of carbonyl (C=O) groups is 1. The van der Waals surface area contributed by atoms with Crippen LogP contribution in [-0.4, -0.2) is 15.4 Å². The summed E-state index contributed by atoms with van der Waals surface area (Å²) in [6.07, 6.45) is 1.67. The molecule has 29 heavy (non-hydrogen) atoms. The summed E-state index contributed by atoms with van der Waals surface area (Å²) in [6, 6.07) is 21.8. The van der Waals surface area contributed by atoms with Crippen LogP contribution in [0.1, 0.15) is 21.6 Å². The topological polar surface area (TPSA) is 72.7 Å². The molecule has 4 rings (SSSR count). The van der Waals surface area contributed by atoms with Crippen molar-refractivity contribution in [2.24, 2.45) is 0 Å². The fraction of sp³-hybridized carbons (Fsp3) is 0.0870. The van der Waals surface area contributed by atoms with E-state index in [2.05, 4.69) is 10.3 Å². The third-order valence-corrected chi connectivity index (χ3v) is 4.49. The molecule has 1 N–H and O–H groups in total. The van der Waals surface area contributed by atoms with Gasteiger partial charge in [-0.3, -0.25) is 9.20 Å². The summed E-state index contributed by atoms with van der Waals surface area (Å²) < 4.78 is 6.92. The number of para-hydroxylation sites is 2. The Balaban J connectivity index is 1.54. The van der Waals surface area contributed by atoms with Gasteiger partial charge < -0.3 is 10.1 Å². The molecule has 0 amide bonds. The Hall–Kier alpha value is -3.93. The van der Waals surface area contributed by atoms with Gasteiger partial charge in [0.25, 0.3) is 5.56 Å². The van der Waals surface area contributed by atoms with Gasteiger partial charge in [0.1, 0.15) is 12.3 Å². The predicted octanol–water partition coefficient (Wildman–Crippen LogP) is 4.10. The third kappa shape index (κ3) is 4.01. The van der Waals surface area contributed by atoms with Crippen LogP contribution in [0, 0.1) is 6.92 Å². The quantitative estimate of drug-likeness (QED) is 0.524. The molecule has 0 aliphatic rings. The average molecular weight is 385 g/mol. The Morgan fingerprint density at radius 3 is 2.62 bits per heavy atom. The number of pyridine rings is 1. The molecule has 0 saturated carbocycles. The molecule has 4 aromatic rings. The predicted molar refractivity (Wildman–Crippen MR) is 111 cm³/mol. The normalized spacial score (nSPS) is 10.7. The van der Waals surface area contributed by atoms with Gasteiger partial charge in [0.2, 0.25) is 0 Å². The molecule has 0 radical (unpaired) electrons. The second-order valence-corrected chi connectivity index (χ2v) is 6.58. The van der Waals surface area contributed by atoms with Crippen molar-refractivity contribution in [1.29, 1.82) is 0 Å². The number of anilines is 2. The first-order valence-electron chi connectivity index (χ1n) is 9.18. The highest BCUT2D eigenvalue weighted by Crippen LogP contribution is 2.21. The molecule has 0 aliphatic carbocycles. The van der Waals surface area contributed by atoms with Crippen molar-refractivity contribution in [2.45, 2.75) is 13.5 Å². The van der Waals surface area contributed by atoms with Gasteiger partial charge in [0.05, 0.1) is 16.9 Å². The summed E-state index contributed by atoms with van der Waals surface area (Å²) in [5, 5.41) is 3.22. The lowest BCUT2D eigenvalue weighted by atomic mass is 10.1. The van der Waals surface area contributed by atoms with E-state index in [4.69, 9.17) is 4.74 Å². The fourth-order valence-electron chi connectivity index (χ4n) is 3.05. The Morgan fingerprint density at radius 1 is 1.03 bits per heavy atom. The van der Waals surface area contributed by atoms with E-state index >= 15 is 0 Å². The van der Waals surface area contributed by atoms with Gasteiger partial charge in [-0.15, -0.1) is 0 Å². The summed E-state index contributed by atoms with van der Waals surface area (Å²) in [5.74, 6) is -0.490. The second-order valence-electron chi connectivity index (χ2n) is 6.58. The summed E-state index contributed by atoms with van der Waals surface area (Å²) in [5.41, 5.74) is 3.54. The molecule has 144 valence electrons. The summed E-state index contributed by atoms with van der Waals surface area (Å²) in [6.45, 7) is 1.79. The smallest absolute Gasteiger partial charge is 0.340 e. The lowest BCUT2D eigenvalue weighted by Crippen LogP contribution is -2.17. The zero-order chi connectivity index (χ0) is 20.2. The summed E-state index contributed by atoms with van der Waals surface area (Å²) in [4.78, 5) is 29.4. The lowest BCUT2D eigenvalue weighted by Gasteiger charge is -2.12. The van der Waals surface area contributed by atoms with E-state index in [1.54, 1.807) is 24.4 Å². The van der Waals surface area contributed by atoms with E-state index in [1.807, 2.05) is 55.5 Å². The number of carbonyl (C=O) groups excluding carboxylic acids is 1. The van der Waals surface area contributed by atoms with Crippen molar-refractivity contribution in [3.63, 3.8) is 0 Å². The standard InChI is InChI=1S/C23H19N3O3/c1-16-8-7-13-26-21(27)14-18(25-22(16)26)15-29-23(28)19-11-5-6-12-20(19)24-17-9-3-2-4-10-17/h2-14,24H,15H2,1H3. The minimum absolute atomic E-state index is 0.0847. The van der Waals surface area contributed by atoms with Crippen molar-refractivity contribution in [1.82, 2.24) is 9.38 Å². The number of aromatic nitrogens is 2. The van der Waals surface area contributed by atoms with Crippen LogP contribution in [0.4, 0.5) is 11.4 Å². The number of fused-ring (bicyclic) bond motifs is 1. The van der Waals surface area contributed by atoms with Gasteiger partial charge in [-0.2, -0.15) is 0 Å². The summed E-state index contributed by atoms with van der Waals surface area (Å²) >= 11 is 0. The SMILES string of the molecule is Cc1cccn2c(=O)cc(COC(=O)c3ccccc3Nc3ccccc3)nc12. The van der Waals surface area contributed by atoms with Gasteiger partial charge in [0, 0.05) is 18.0 Å². The number of nitrogens with zero attached hydrogens (tertiary/aromatic N) is 2. The second kappa shape index (κ2) is 7.98. The number of rotatable bonds is 5. The lowest BCUT2D eigenvalue weighted by molar-refractivity contribution is 0.0469. The first-order chi connectivity index (χ1) is 14.1. The first kappa shape index (κ1) is 18.4. The highest BCUT2D eigenvalue weighted by molar-refractivity contribution is 5.96. The highest BCUT2D eigenvalue weighted by atomic mass is 16.5. The van der Waals surface area contributed by atoms with Gasteiger partial charge in [-0.05, 0) is 42.8 Å².